The van der Waals surface area contributed by atoms with Crippen LogP contribution in [0.25, 0.3) is 0 Å². The maximum atomic E-state index is 12.4. The van der Waals surface area contributed by atoms with Gasteiger partial charge in [-0.3, -0.25) is 9.78 Å². The predicted molar refractivity (Wildman–Crippen MR) is 105 cm³/mol. The van der Waals surface area contributed by atoms with Crippen LogP contribution in [0, 0.1) is 4.91 Å². The van der Waals surface area contributed by atoms with E-state index in [1.165, 1.54) is 0 Å². The molecule has 2 heterocycles. The summed E-state index contributed by atoms with van der Waals surface area (Å²) < 4.78 is 11.7. The van der Waals surface area contributed by atoms with Gasteiger partial charge >= 0.3 is 0 Å². The first kappa shape index (κ1) is 19.8. The Balaban J connectivity index is 1.48. The number of benzene rings is 1. The van der Waals surface area contributed by atoms with Crippen molar-refractivity contribution < 1.29 is 14.3 Å². The molecule has 0 radical (unpaired) electrons. The summed E-state index contributed by atoms with van der Waals surface area (Å²) in [6.45, 7) is 3.42. The van der Waals surface area contributed by atoms with Gasteiger partial charge in [0.05, 0.1) is 12.2 Å². The number of ether oxygens (including phenoxy) is 2. The first-order valence-electron chi connectivity index (χ1n) is 9.58. The molecule has 0 spiro atoms. The molecule has 1 atom stereocenters. The van der Waals surface area contributed by atoms with Crippen molar-refractivity contribution >= 4 is 5.91 Å². The lowest BCUT2D eigenvalue weighted by molar-refractivity contribution is -0.132. The largest absolute Gasteiger partial charge is 0.487 e. The van der Waals surface area contributed by atoms with Gasteiger partial charge in [0.25, 0.3) is 5.91 Å². The van der Waals surface area contributed by atoms with E-state index < -0.39 is 0 Å². The highest BCUT2D eigenvalue weighted by molar-refractivity contribution is 5.78. The molecule has 7 nitrogen and oxygen atoms in total. The number of pyridine rings is 1. The zero-order chi connectivity index (χ0) is 19.8. The number of carbonyl (C=O) groups excluding carboxylic acids is 1. The topological polar surface area (TPSA) is 81.1 Å². The van der Waals surface area contributed by atoms with Crippen LogP contribution in [-0.4, -0.2) is 41.6 Å². The van der Waals surface area contributed by atoms with Crippen molar-refractivity contribution in [1.82, 2.24) is 9.88 Å². The van der Waals surface area contributed by atoms with Crippen LogP contribution in [-0.2, 0) is 17.8 Å². The van der Waals surface area contributed by atoms with Crippen LogP contribution in [0.3, 0.4) is 0 Å². The van der Waals surface area contributed by atoms with Gasteiger partial charge < -0.3 is 14.4 Å². The summed E-state index contributed by atoms with van der Waals surface area (Å²) >= 11 is 0. The minimum Gasteiger partial charge on any atom is -0.487 e. The standard InChI is InChI=1S/C21H25N3O4/c1-2-4-19-20(5-3-11-22-19)28-18-10-12-24(14-18)21(25)15-27-17-8-6-16(7-9-17)13-23-26/h3,5-9,11,18H,2,4,10,12-15H2,1H3. The second kappa shape index (κ2) is 9.82. The molecule has 0 bridgehead atoms. The normalized spacial score (nSPS) is 16.0. The second-order valence-corrected chi connectivity index (χ2v) is 6.79. The Hall–Kier alpha value is -2.96. The fourth-order valence-corrected chi connectivity index (χ4v) is 3.19. The monoisotopic (exact) mass is 383 g/mol. The van der Waals surface area contributed by atoms with E-state index in [2.05, 4.69) is 17.1 Å². The van der Waals surface area contributed by atoms with E-state index in [4.69, 9.17) is 9.47 Å². The number of rotatable bonds is 9. The van der Waals surface area contributed by atoms with Gasteiger partial charge in [-0.1, -0.05) is 30.7 Å². The summed E-state index contributed by atoms with van der Waals surface area (Å²) in [5, 5.41) is 2.85. The highest BCUT2D eigenvalue weighted by atomic mass is 16.5. The molecule has 148 valence electrons. The fourth-order valence-electron chi connectivity index (χ4n) is 3.19. The van der Waals surface area contributed by atoms with E-state index in [0.717, 1.165) is 36.3 Å². The van der Waals surface area contributed by atoms with E-state index in [9.17, 15) is 9.70 Å². The number of hydrogen-bond acceptors (Lipinski definition) is 6. The second-order valence-electron chi connectivity index (χ2n) is 6.79. The maximum Gasteiger partial charge on any atom is 0.260 e. The number of amides is 1. The van der Waals surface area contributed by atoms with Crippen molar-refractivity contribution in [2.75, 3.05) is 19.7 Å². The number of likely N-dealkylation sites (tertiary alicyclic amines) is 1. The number of hydrogen-bond donors (Lipinski definition) is 0. The van der Waals surface area contributed by atoms with Crippen LogP contribution in [0.1, 0.15) is 31.0 Å². The molecule has 3 rings (SSSR count). The van der Waals surface area contributed by atoms with Crippen LogP contribution in [0.2, 0.25) is 0 Å². The van der Waals surface area contributed by atoms with Crippen molar-refractivity contribution in [1.29, 1.82) is 0 Å². The highest BCUT2D eigenvalue weighted by Crippen LogP contribution is 2.22. The Morgan fingerprint density at radius 1 is 1.29 bits per heavy atom. The van der Waals surface area contributed by atoms with Crippen LogP contribution < -0.4 is 9.47 Å². The van der Waals surface area contributed by atoms with Crippen LogP contribution in [0.15, 0.2) is 47.8 Å². The number of carbonyl (C=O) groups is 1. The minimum absolute atomic E-state index is 0.0219. The summed E-state index contributed by atoms with van der Waals surface area (Å²) in [5.41, 5.74) is 1.78. The Morgan fingerprint density at radius 2 is 2.11 bits per heavy atom. The fraction of sp³-hybridized carbons (Fsp3) is 0.429. The first-order valence-corrected chi connectivity index (χ1v) is 9.58. The van der Waals surface area contributed by atoms with Crippen LogP contribution in [0.4, 0.5) is 0 Å². The van der Waals surface area contributed by atoms with E-state index in [-0.39, 0.29) is 25.2 Å². The lowest BCUT2D eigenvalue weighted by Crippen LogP contribution is -2.34. The van der Waals surface area contributed by atoms with Crippen LogP contribution in [0.5, 0.6) is 11.5 Å². The van der Waals surface area contributed by atoms with Gasteiger partial charge in [-0.05, 0) is 36.2 Å². The van der Waals surface area contributed by atoms with Gasteiger partial charge in [0, 0.05) is 19.2 Å². The SMILES string of the molecule is CCCc1ncccc1OC1CCN(C(=O)COc2ccc(CN=O)cc2)C1. The molecular formula is C21H25N3O4. The highest BCUT2D eigenvalue weighted by Gasteiger charge is 2.28. The number of nitrogens with zero attached hydrogens (tertiary/aromatic N) is 3. The molecule has 2 aromatic rings. The molecule has 1 fully saturated rings. The Kier molecular flexibility index (Phi) is 6.94. The predicted octanol–water partition coefficient (Wildman–Crippen LogP) is 3.36. The third-order valence-corrected chi connectivity index (χ3v) is 4.66. The third kappa shape index (κ3) is 5.28. The summed E-state index contributed by atoms with van der Waals surface area (Å²) in [5.74, 6) is 1.34. The average molecular weight is 383 g/mol. The smallest absolute Gasteiger partial charge is 0.260 e. The van der Waals surface area contributed by atoms with E-state index in [0.29, 0.717) is 18.8 Å². The van der Waals surface area contributed by atoms with E-state index >= 15 is 0 Å². The van der Waals surface area contributed by atoms with E-state index in [1.807, 2.05) is 12.1 Å². The van der Waals surface area contributed by atoms with Gasteiger partial charge in [0.15, 0.2) is 6.61 Å². The molecule has 1 aromatic heterocycles. The zero-order valence-corrected chi connectivity index (χ0v) is 16.0. The van der Waals surface area contributed by atoms with Crippen LogP contribution >= 0.6 is 0 Å². The van der Waals surface area contributed by atoms with Gasteiger partial charge in [0.1, 0.15) is 24.1 Å². The van der Waals surface area contributed by atoms with Crippen molar-refractivity contribution in [3.63, 3.8) is 0 Å². The Morgan fingerprint density at radius 3 is 2.86 bits per heavy atom. The Labute approximate surface area is 164 Å². The first-order chi connectivity index (χ1) is 13.7. The molecule has 1 aromatic carbocycles. The molecule has 7 heteroatoms. The molecule has 1 saturated heterocycles. The summed E-state index contributed by atoms with van der Waals surface area (Å²) in [6, 6.07) is 10.8. The average Bonchev–Trinajstić information content (AvgIpc) is 3.18. The Bertz CT molecular complexity index is 794. The van der Waals surface area contributed by atoms with Crippen molar-refractivity contribution in [2.45, 2.75) is 38.8 Å². The summed E-state index contributed by atoms with van der Waals surface area (Å²) in [6.07, 6.45) is 4.42. The molecule has 28 heavy (non-hydrogen) atoms. The molecular weight excluding hydrogens is 358 g/mol. The minimum atomic E-state index is -0.0651. The number of aryl methyl sites for hydroxylation is 1. The molecule has 1 unspecified atom stereocenters. The molecule has 1 aliphatic rings. The molecule has 1 aliphatic heterocycles. The summed E-state index contributed by atoms with van der Waals surface area (Å²) in [4.78, 5) is 28.9. The molecule has 0 saturated carbocycles. The van der Waals surface area contributed by atoms with Crippen molar-refractivity contribution in [3.05, 3.63) is 58.8 Å². The van der Waals surface area contributed by atoms with E-state index in [1.54, 1.807) is 35.4 Å². The number of aromatic nitrogens is 1. The number of nitroso groups, excluding NO2 is 1. The van der Waals surface area contributed by atoms with Gasteiger partial charge in [0.2, 0.25) is 0 Å². The van der Waals surface area contributed by atoms with Gasteiger partial charge in [-0.2, -0.15) is 4.91 Å². The quantitative estimate of drug-likeness (QED) is 0.620. The van der Waals surface area contributed by atoms with Crippen molar-refractivity contribution in [3.8, 4) is 11.5 Å². The zero-order valence-electron chi connectivity index (χ0n) is 16.0. The maximum absolute atomic E-state index is 12.4. The van der Waals surface area contributed by atoms with Crippen molar-refractivity contribution in [2.24, 2.45) is 5.18 Å². The molecule has 1 amide bonds. The lowest BCUT2D eigenvalue weighted by Gasteiger charge is -2.18. The lowest BCUT2D eigenvalue weighted by atomic mass is 10.2. The molecule has 0 aliphatic carbocycles. The summed E-state index contributed by atoms with van der Waals surface area (Å²) in [7, 11) is 0. The third-order valence-electron chi connectivity index (χ3n) is 4.66. The van der Waals surface area contributed by atoms with Gasteiger partial charge in [-0.15, -0.1) is 0 Å². The molecule has 0 N–H and O–H groups in total. The van der Waals surface area contributed by atoms with Gasteiger partial charge in [-0.25, -0.2) is 0 Å².